The van der Waals surface area contributed by atoms with Crippen LogP contribution in [0, 0.1) is 18.6 Å². The van der Waals surface area contributed by atoms with E-state index in [-0.39, 0.29) is 49.9 Å². The summed E-state index contributed by atoms with van der Waals surface area (Å²) in [6, 6.07) is 2.26. The molecule has 0 aliphatic carbocycles. The van der Waals surface area contributed by atoms with E-state index in [0.717, 1.165) is 23.5 Å². The summed E-state index contributed by atoms with van der Waals surface area (Å²) in [6.45, 7) is 3.06. The lowest BCUT2D eigenvalue weighted by Crippen LogP contribution is -2.43. The van der Waals surface area contributed by atoms with Crippen molar-refractivity contribution in [3.8, 4) is 0 Å². The van der Waals surface area contributed by atoms with Crippen molar-refractivity contribution in [1.29, 1.82) is 0 Å². The van der Waals surface area contributed by atoms with Gasteiger partial charge >= 0.3 is 6.09 Å². The largest absolute Gasteiger partial charge is 0.490 e. The second-order valence-electron chi connectivity index (χ2n) is 9.08. The van der Waals surface area contributed by atoms with Crippen LogP contribution < -0.4 is 15.2 Å². The molecule has 2 aliphatic rings. The summed E-state index contributed by atoms with van der Waals surface area (Å²) < 4.78 is 40.7. The smallest absolute Gasteiger partial charge is 0.414 e. The monoisotopic (exact) mass is 548 g/mol. The van der Waals surface area contributed by atoms with E-state index < -0.39 is 23.8 Å². The number of methoxy groups -OCH3 is 1. The summed E-state index contributed by atoms with van der Waals surface area (Å²) in [7, 11) is 1.47. The number of hydrogen-bond donors (Lipinski definition) is 1. The zero-order chi connectivity index (χ0) is 27.2. The van der Waals surface area contributed by atoms with Gasteiger partial charge in [0, 0.05) is 57.0 Å². The average Bonchev–Trinajstić information content (AvgIpc) is 3.10. The van der Waals surface area contributed by atoms with E-state index >= 15 is 8.78 Å². The van der Waals surface area contributed by atoms with Crippen LogP contribution in [0.25, 0.3) is 0 Å². The van der Waals surface area contributed by atoms with E-state index in [9.17, 15) is 9.59 Å². The number of halogens is 2. The fourth-order valence-corrected chi connectivity index (χ4v) is 4.48. The van der Waals surface area contributed by atoms with Crippen LogP contribution in [0.2, 0.25) is 0 Å². The first-order valence-corrected chi connectivity index (χ1v) is 12.8. The predicted molar refractivity (Wildman–Crippen MR) is 140 cm³/mol. The highest BCUT2D eigenvalue weighted by atomic mass is 32.1. The lowest BCUT2D eigenvalue weighted by Gasteiger charge is -2.25. The summed E-state index contributed by atoms with van der Waals surface area (Å²) in [5.74, 6) is -1.73. The van der Waals surface area contributed by atoms with Crippen molar-refractivity contribution in [2.45, 2.75) is 38.7 Å². The number of anilines is 2. The molecule has 0 saturated carbocycles. The van der Waals surface area contributed by atoms with E-state index in [2.05, 4.69) is 15.4 Å². The van der Waals surface area contributed by atoms with Crippen molar-refractivity contribution in [2.75, 3.05) is 49.6 Å². The Morgan fingerprint density at radius 2 is 1.95 bits per heavy atom. The molecular formula is C25H30F2N6O4S. The maximum absolute atomic E-state index is 15.2. The van der Waals surface area contributed by atoms with Gasteiger partial charge in [-0.1, -0.05) is 0 Å². The van der Waals surface area contributed by atoms with Crippen LogP contribution in [-0.2, 0) is 20.7 Å². The quantitative estimate of drug-likeness (QED) is 0.499. The number of rotatable bonds is 8. The van der Waals surface area contributed by atoms with E-state index in [0.29, 0.717) is 30.9 Å². The van der Waals surface area contributed by atoms with Crippen molar-refractivity contribution in [3.05, 3.63) is 47.5 Å². The van der Waals surface area contributed by atoms with E-state index in [1.54, 1.807) is 17.3 Å². The number of aryl methyl sites for hydroxylation is 2. The number of hydrazine groups is 1. The number of benzene rings is 1. The summed E-state index contributed by atoms with van der Waals surface area (Å²) in [5.41, 5.74) is 4.43. The summed E-state index contributed by atoms with van der Waals surface area (Å²) >= 11 is 5.01. The van der Waals surface area contributed by atoms with E-state index in [1.807, 2.05) is 6.92 Å². The van der Waals surface area contributed by atoms with Crippen LogP contribution >= 0.6 is 12.2 Å². The Balaban J connectivity index is 1.36. The van der Waals surface area contributed by atoms with Crippen molar-refractivity contribution in [2.24, 2.45) is 0 Å². The number of thiocarbonyl (C=S) groups is 1. The Labute approximate surface area is 224 Å². The van der Waals surface area contributed by atoms with E-state index in [4.69, 9.17) is 21.7 Å². The number of nitrogens with zero attached hydrogens (tertiary/aromatic N) is 5. The number of cyclic esters (lactones) is 1. The van der Waals surface area contributed by atoms with Gasteiger partial charge in [-0.2, -0.15) is 0 Å². The molecule has 38 heavy (non-hydrogen) atoms. The maximum Gasteiger partial charge on any atom is 0.414 e. The highest BCUT2D eigenvalue weighted by Gasteiger charge is 2.34. The summed E-state index contributed by atoms with van der Waals surface area (Å²) in [5, 5.41) is 1.87. The third-order valence-electron chi connectivity index (χ3n) is 6.41. The molecule has 204 valence electrons. The van der Waals surface area contributed by atoms with Crippen LogP contribution in [0.5, 0.6) is 0 Å². The zero-order valence-corrected chi connectivity index (χ0v) is 22.1. The van der Waals surface area contributed by atoms with E-state index in [1.165, 1.54) is 17.0 Å². The lowest BCUT2D eigenvalue weighted by molar-refractivity contribution is -0.133. The molecule has 13 heteroatoms. The molecule has 0 spiro atoms. The van der Waals surface area contributed by atoms with Gasteiger partial charge in [-0.3, -0.25) is 24.7 Å². The van der Waals surface area contributed by atoms with Gasteiger partial charge in [-0.25, -0.2) is 19.0 Å². The van der Waals surface area contributed by atoms with Gasteiger partial charge in [-0.15, -0.1) is 0 Å². The lowest BCUT2D eigenvalue weighted by atomic mass is 10.2. The Morgan fingerprint density at radius 3 is 2.63 bits per heavy atom. The highest BCUT2D eigenvalue weighted by molar-refractivity contribution is 7.80. The number of ether oxygens (including phenoxy) is 2. The summed E-state index contributed by atoms with van der Waals surface area (Å²) in [4.78, 5) is 36.3. The van der Waals surface area contributed by atoms with Gasteiger partial charge in [-0.05, 0) is 32.0 Å². The number of hydrogen-bond acceptors (Lipinski definition) is 9. The molecule has 1 N–H and O–H groups in total. The van der Waals surface area contributed by atoms with Crippen molar-refractivity contribution in [1.82, 2.24) is 20.4 Å². The van der Waals surface area contributed by atoms with Gasteiger partial charge in [0.25, 0.3) is 0 Å². The molecule has 0 bridgehead atoms. The number of nitrogens with one attached hydrogen (secondary N) is 1. The zero-order valence-electron chi connectivity index (χ0n) is 21.3. The van der Waals surface area contributed by atoms with Crippen LogP contribution in [0.15, 0.2) is 24.5 Å². The second-order valence-corrected chi connectivity index (χ2v) is 9.53. The minimum absolute atomic E-state index is 0.0783. The first-order valence-electron chi connectivity index (χ1n) is 12.4. The Hall–Kier alpha value is -3.45. The minimum Gasteiger partial charge on any atom is -0.490 e. The standard InChI is InChI=1S/C25H30F2N6O4S/c1-16-13-29-17(14-28-16)3-5-22(34)33-10-9-31(8-7-30-33)24-20(26)11-18(12-21(24)27)32-15-19(37-25(32)35)4-6-23(38)36-2/h11-14,19,30H,3-10,15H2,1-2H3/t19-/m0/s1. The molecule has 2 aromatic rings. The Morgan fingerprint density at radius 1 is 1.18 bits per heavy atom. The molecule has 2 saturated heterocycles. The molecule has 4 rings (SSSR count). The summed E-state index contributed by atoms with van der Waals surface area (Å²) in [6.07, 6.45) is 3.72. The Kier molecular flexibility index (Phi) is 9.00. The van der Waals surface area contributed by atoms with Gasteiger partial charge in [0.1, 0.15) is 11.8 Å². The molecule has 1 aromatic heterocycles. The molecule has 2 amide bonds. The van der Waals surface area contributed by atoms with Crippen LogP contribution in [0.1, 0.15) is 30.7 Å². The third-order valence-corrected chi connectivity index (χ3v) is 6.78. The van der Waals surface area contributed by atoms with Crippen molar-refractivity contribution >= 4 is 40.6 Å². The molecule has 2 aliphatic heterocycles. The van der Waals surface area contributed by atoms with Gasteiger partial charge in [0.05, 0.1) is 37.3 Å². The molecule has 0 unspecified atom stereocenters. The number of carbonyl (C=O) groups excluding carboxylic acids is 2. The normalized spacial score (nSPS) is 17.8. The van der Waals surface area contributed by atoms with Crippen LogP contribution in [0.4, 0.5) is 25.0 Å². The van der Waals surface area contributed by atoms with Crippen molar-refractivity contribution in [3.63, 3.8) is 0 Å². The number of amides is 2. The van der Waals surface area contributed by atoms with Crippen LogP contribution in [0.3, 0.4) is 0 Å². The fourth-order valence-electron chi connectivity index (χ4n) is 4.36. The number of aromatic nitrogens is 2. The molecular weight excluding hydrogens is 518 g/mol. The molecule has 0 radical (unpaired) electrons. The topological polar surface area (TPSA) is 100 Å². The average molecular weight is 549 g/mol. The number of carbonyl (C=O) groups is 2. The molecule has 2 fully saturated rings. The first kappa shape index (κ1) is 27.6. The van der Waals surface area contributed by atoms with Crippen LogP contribution in [-0.4, -0.2) is 78.0 Å². The van der Waals surface area contributed by atoms with Gasteiger partial charge < -0.3 is 14.4 Å². The third kappa shape index (κ3) is 6.70. The molecule has 10 nitrogen and oxygen atoms in total. The maximum atomic E-state index is 15.2. The minimum atomic E-state index is -0.797. The molecule has 1 aromatic carbocycles. The molecule has 1 atom stereocenters. The Bertz CT molecular complexity index is 1160. The highest BCUT2D eigenvalue weighted by Crippen LogP contribution is 2.31. The first-order chi connectivity index (χ1) is 18.2. The SMILES string of the molecule is COC(=S)CC[C@H]1CN(c2cc(F)c(N3CCNN(C(=O)CCc4cnc(C)cn4)CC3)c(F)c2)C(=O)O1. The fraction of sp³-hybridized carbons (Fsp3) is 0.480. The molecule has 3 heterocycles. The second kappa shape index (κ2) is 12.4. The van der Waals surface area contributed by atoms with Gasteiger partial charge in [0.2, 0.25) is 5.91 Å². The van der Waals surface area contributed by atoms with Crippen molar-refractivity contribution < 1.29 is 27.8 Å². The predicted octanol–water partition coefficient (Wildman–Crippen LogP) is 2.93. The van der Waals surface area contributed by atoms with Gasteiger partial charge in [0.15, 0.2) is 16.7 Å².